The van der Waals surface area contributed by atoms with Gasteiger partial charge >= 0.3 is 5.97 Å². The summed E-state index contributed by atoms with van der Waals surface area (Å²) in [5, 5.41) is 14.6. The number of aromatic carboxylic acids is 1. The molecule has 0 aliphatic heterocycles. The number of nitrogens with one attached hydrogen (secondary N) is 1. The first-order chi connectivity index (χ1) is 9.97. The Kier molecular flexibility index (Phi) is 4.64. The van der Waals surface area contributed by atoms with Crippen LogP contribution in [0.4, 0.5) is 0 Å². The zero-order chi connectivity index (χ0) is 15.4. The summed E-state index contributed by atoms with van der Waals surface area (Å²) in [7, 11) is 0. The minimum atomic E-state index is -1.05. The first-order valence-corrected chi connectivity index (χ1v) is 7.25. The second-order valence-electron chi connectivity index (χ2n) is 4.50. The van der Waals surface area contributed by atoms with E-state index >= 15 is 0 Å². The quantitative estimate of drug-likeness (QED) is 0.879. The molecule has 0 aromatic carbocycles. The fourth-order valence-corrected chi connectivity index (χ4v) is 2.48. The van der Waals surface area contributed by atoms with E-state index in [1.807, 2.05) is 12.3 Å². The zero-order valence-corrected chi connectivity index (χ0v) is 12.5. The SMILES string of the molecule is Cc1nc(CCNC(=O)c2ccc(C(=O)O)c(C)n2)cs1. The lowest BCUT2D eigenvalue weighted by Crippen LogP contribution is -2.27. The van der Waals surface area contributed by atoms with E-state index in [9.17, 15) is 9.59 Å². The van der Waals surface area contributed by atoms with Gasteiger partial charge in [-0.3, -0.25) is 4.79 Å². The molecule has 0 aliphatic carbocycles. The molecule has 0 spiro atoms. The molecule has 2 aromatic rings. The van der Waals surface area contributed by atoms with E-state index in [-0.39, 0.29) is 17.2 Å². The van der Waals surface area contributed by atoms with Crippen LogP contribution in [0.1, 0.15) is 37.2 Å². The summed E-state index contributed by atoms with van der Waals surface area (Å²) in [6.07, 6.45) is 0.655. The fraction of sp³-hybridized carbons (Fsp3) is 0.286. The van der Waals surface area contributed by atoms with E-state index in [1.165, 1.54) is 12.1 Å². The van der Waals surface area contributed by atoms with Crippen LogP contribution in [-0.2, 0) is 6.42 Å². The molecular weight excluding hydrogens is 290 g/mol. The zero-order valence-electron chi connectivity index (χ0n) is 11.7. The van der Waals surface area contributed by atoms with Crippen molar-refractivity contribution in [3.63, 3.8) is 0 Å². The first-order valence-electron chi connectivity index (χ1n) is 6.37. The number of aromatic nitrogens is 2. The lowest BCUT2D eigenvalue weighted by molar-refractivity contribution is 0.0694. The number of aryl methyl sites for hydroxylation is 2. The topological polar surface area (TPSA) is 92.2 Å². The highest BCUT2D eigenvalue weighted by Crippen LogP contribution is 2.09. The maximum Gasteiger partial charge on any atom is 0.337 e. The highest BCUT2D eigenvalue weighted by molar-refractivity contribution is 7.09. The Morgan fingerprint density at radius 1 is 1.29 bits per heavy atom. The van der Waals surface area contributed by atoms with Crippen LogP contribution >= 0.6 is 11.3 Å². The maximum absolute atomic E-state index is 11.9. The van der Waals surface area contributed by atoms with E-state index in [0.29, 0.717) is 18.7 Å². The van der Waals surface area contributed by atoms with Crippen molar-refractivity contribution < 1.29 is 14.7 Å². The van der Waals surface area contributed by atoms with Gasteiger partial charge in [0.1, 0.15) is 5.69 Å². The van der Waals surface area contributed by atoms with Gasteiger partial charge < -0.3 is 10.4 Å². The van der Waals surface area contributed by atoms with Crippen LogP contribution in [0, 0.1) is 13.8 Å². The third kappa shape index (κ3) is 3.85. The van der Waals surface area contributed by atoms with Crippen LogP contribution < -0.4 is 5.32 Å². The molecule has 0 aliphatic rings. The highest BCUT2D eigenvalue weighted by Gasteiger charge is 2.12. The lowest BCUT2D eigenvalue weighted by Gasteiger charge is -2.06. The van der Waals surface area contributed by atoms with Gasteiger partial charge in [0.25, 0.3) is 5.91 Å². The van der Waals surface area contributed by atoms with Gasteiger partial charge in [-0.05, 0) is 26.0 Å². The van der Waals surface area contributed by atoms with Crippen molar-refractivity contribution in [3.05, 3.63) is 45.2 Å². The third-order valence-corrected chi connectivity index (χ3v) is 3.70. The van der Waals surface area contributed by atoms with Crippen molar-refractivity contribution in [2.75, 3.05) is 6.54 Å². The molecule has 0 unspecified atom stereocenters. The van der Waals surface area contributed by atoms with Gasteiger partial charge in [0, 0.05) is 18.3 Å². The predicted octanol–water partition coefficient (Wildman–Crippen LogP) is 1.83. The largest absolute Gasteiger partial charge is 0.478 e. The molecule has 2 N–H and O–H groups in total. The summed E-state index contributed by atoms with van der Waals surface area (Å²) < 4.78 is 0. The average molecular weight is 305 g/mol. The van der Waals surface area contributed by atoms with Gasteiger partial charge in [0.2, 0.25) is 0 Å². The molecule has 0 radical (unpaired) electrons. The van der Waals surface area contributed by atoms with Crippen LogP contribution in [0.5, 0.6) is 0 Å². The smallest absolute Gasteiger partial charge is 0.337 e. The van der Waals surface area contributed by atoms with E-state index in [0.717, 1.165) is 10.7 Å². The number of carbonyl (C=O) groups excluding carboxylic acids is 1. The Bertz CT molecular complexity index is 682. The summed E-state index contributed by atoms with van der Waals surface area (Å²) in [5.41, 5.74) is 1.59. The molecule has 0 atom stereocenters. The molecule has 0 saturated heterocycles. The Morgan fingerprint density at radius 2 is 2.05 bits per heavy atom. The molecule has 0 saturated carbocycles. The Morgan fingerprint density at radius 3 is 2.62 bits per heavy atom. The second-order valence-corrected chi connectivity index (χ2v) is 5.56. The minimum absolute atomic E-state index is 0.101. The van der Waals surface area contributed by atoms with E-state index in [4.69, 9.17) is 5.11 Å². The Hall–Kier alpha value is -2.28. The summed E-state index contributed by atoms with van der Waals surface area (Å²) in [6.45, 7) is 3.96. The van der Waals surface area contributed by atoms with Crippen LogP contribution in [-0.4, -0.2) is 33.5 Å². The summed E-state index contributed by atoms with van der Waals surface area (Å²) in [4.78, 5) is 31.2. The maximum atomic E-state index is 11.9. The average Bonchev–Trinajstić information content (AvgIpc) is 2.83. The molecule has 6 nitrogen and oxygen atoms in total. The van der Waals surface area contributed by atoms with E-state index in [2.05, 4.69) is 15.3 Å². The summed E-state index contributed by atoms with van der Waals surface area (Å²) >= 11 is 1.57. The third-order valence-electron chi connectivity index (χ3n) is 2.88. The molecule has 2 rings (SSSR count). The molecular formula is C14H15N3O3S. The van der Waals surface area contributed by atoms with E-state index in [1.54, 1.807) is 18.3 Å². The molecule has 2 aromatic heterocycles. The standard InChI is InChI=1S/C14H15N3O3S/c1-8-11(14(19)20)3-4-12(16-8)13(18)15-6-5-10-7-21-9(2)17-10/h3-4,7H,5-6H2,1-2H3,(H,15,18)(H,19,20). The molecule has 1 amide bonds. The minimum Gasteiger partial charge on any atom is -0.478 e. The number of rotatable bonds is 5. The van der Waals surface area contributed by atoms with Crippen molar-refractivity contribution in [1.82, 2.24) is 15.3 Å². The van der Waals surface area contributed by atoms with Crippen LogP contribution in [0.25, 0.3) is 0 Å². The summed E-state index contributed by atoms with van der Waals surface area (Å²) in [5.74, 6) is -1.37. The molecule has 0 bridgehead atoms. The second kappa shape index (κ2) is 6.45. The number of hydrogen-bond donors (Lipinski definition) is 2. The van der Waals surface area contributed by atoms with Crippen LogP contribution in [0.2, 0.25) is 0 Å². The predicted molar refractivity (Wildman–Crippen MR) is 78.8 cm³/mol. The number of hydrogen-bond acceptors (Lipinski definition) is 5. The Balaban J connectivity index is 1.94. The van der Waals surface area contributed by atoms with Crippen molar-refractivity contribution in [2.45, 2.75) is 20.3 Å². The van der Waals surface area contributed by atoms with Crippen molar-refractivity contribution in [2.24, 2.45) is 0 Å². The molecule has 2 heterocycles. The van der Waals surface area contributed by atoms with Crippen LogP contribution in [0.15, 0.2) is 17.5 Å². The molecule has 110 valence electrons. The van der Waals surface area contributed by atoms with Crippen molar-refractivity contribution >= 4 is 23.2 Å². The van der Waals surface area contributed by atoms with Crippen molar-refractivity contribution in [1.29, 1.82) is 0 Å². The van der Waals surface area contributed by atoms with Crippen LogP contribution in [0.3, 0.4) is 0 Å². The number of nitrogens with zero attached hydrogens (tertiary/aromatic N) is 2. The van der Waals surface area contributed by atoms with Gasteiger partial charge in [-0.2, -0.15) is 0 Å². The van der Waals surface area contributed by atoms with Gasteiger partial charge in [-0.25, -0.2) is 14.8 Å². The molecule has 7 heteroatoms. The molecule has 21 heavy (non-hydrogen) atoms. The van der Waals surface area contributed by atoms with Gasteiger partial charge in [0.15, 0.2) is 0 Å². The highest BCUT2D eigenvalue weighted by atomic mass is 32.1. The van der Waals surface area contributed by atoms with E-state index < -0.39 is 5.97 Å². The monoisotopic (exact) mass is 305 g/mol. The lowest BCUT2D eigenvalue weighted by atomic mass is 10.2. The number of pyridine rings is 1. The first kappa shape index (κ1) is 15.1. The fourth-order valence-electron chi connectivity index (χ4n) is 1.83. The number of carboxylic acid groups (broad SMARTS) is 1. The number of amides is 1. The number of thiazole rings is 1. The normalized spacial score (nSPS) is 10.4. The van der Waals surface area contributed by atoms with Gasteiger partial charge in [-0.15, -0.1) is 11.3 Å². The summed E-state index contributed by atoms with van der Waals surface area (Å²) in [6, 6.07) is 2.81. The van der Waals surface area contributed by atoms with Gasteiger partial charge in [-0.1, -0.05) is 0 Å². The Labute approximate surface area is 125 Å². The molecule has 0 fully saturated rings. The van der Waals surface area contributed by atoms with Crippen molar-refractivity contribution in [3.8, 4) is 0 Å². The van der Waals surface area contributed by atoms with Gasteiger partial charge in [0.05, 0.1) is 22.0 Å². The number of carboxylic acids is 1. The number of carbonyl (C=O) groups is 2.